The molecule has 0 saturated heterocycles. The molecular formula is C30H59N5O13S. The molecule has 0 spiro atoms. The number of hydrogen-bond donors (Lipinski definition) is 14. The van der Waals surface area contributed by atoms with E-state index in [1.165, 1.54) is 20.8 Å². The highest BCUT2D eigenvalue weighted by Gasteiger charge is 2.34. The van der Waals surface area contributed by atoms with Crippen LogP contribution in [0.5, 0.6) is 0 Å². The second-order valence-electron chi connectivity index (χ2n) is 11.8. The zero-order valence-electron chi connectivity index (χ0n) is 28.7. The molecule has 0 aromatic carbocycles. The maximum absolute atomic E-state index is 12.7. The number of carbonyl (C=O) groups is 5. The summed E-state index contributed by atoms with van der Waals surface area (Å²) in [5.41, 5.74) is 4.89. The van der Waals surface area contributed by atoms with Gasteiger partial charge in [-0.1, -0.05) is 40.0 Å². The minimum atomic E-state index is -1.96. The molecule has 9 atom stereocenters. The van der Waals surface area contributed by atoms with Crippen LogP contribution in [-0.2, 0) is 24.0 Å². The van der Waals surface area contributed by atoms with E-state index in [0.717, 1.165) is 25.7 Å². The van der Waals surface area contributed by atoms with Crippen molar-refractivity contribution in [1.29, 1.82) is 0 Å². The van der Waals surface area contributed by atoms with Crippen LogP contribution in [0.3, 0.4) is 0 Å². The van der Waals surface area contributed by atoms with Crippen molar-refractivity contribution in [1.82, 2.24) is 21.3 Å². The molecule has 5 amide bonds. The first-order valence-electron chi connectivity index (χ1n) is 16.3. The molecule has 288 valence electrons. The summed E-state index contributed by atoms with van der Waals surface area (Å²) in [5, 5.41) is 86.9. The largest absolute Gasteiger partial charge is 0.394 e. The first-order chi connectivity index (χ1) is 22.9. The highest BCUT2D eigenvalue weighted by Crippen LogP contribution is 2.14. The molecule has 18 nitrogen and oxygen atoms in total. The molecule has 0 aliphatic carbocycles. The van der Waals surface area contributed by atoms with Crippen molar-refractivity contribution >= 4 is 42.2 Å². The molecule has 19 heteroatoms. The van der Waals surface area contributed by atoms with Gasteiger partial charge in [-0.25, -0.2) is 0 Å². The lowest BCUT2D eigenvalue weighted by atomic mass is 9.94. The quantitative estimate of drug-likeness (QED) is 0.0255. The standard InChI is InChI=1S/C25H49N3O11.C5H10N2O2S/c1-4-5-6-8-11-26-22(35)16(28-24(37)21(34)18(31)14(2)17(30)13-29)10-7-9-12-27-23(36)20(33)19(32)15(3)25(38)39;1-3(8)7-4(2-10)5(6)9/h14-21,25,29-34,38-39H,4-13H2,1-3H3,(H,26,35)(H,27,36)(H,28,37);4,10H,2H2,1H3,(H2,6,9)(H,7,8)/t14?,15?,16?,17?,18?,19?,20-,21-;4-/m00/s1. The van der Waals surface area contributed by atoms with E-state index < -0.39 is 91.0 Å². The first-order valence-corrected chi connectivity index (χ1v) is 16.9. The Morgan fingerprint density at radius 3 is 1.65 bits per heavy atom. The Hall–Kier alpha value is -2.62. The number of rotatable bonds is 24. The normalized spacial score (nSPS) is 16.7. The summed E-state index contributed by atoms with van der Waals surface area (Å²) in [4.78, 5) is 58.1. The van der Waals surface area contributed by atoms with Crippen molar-refractivity contribution in [3.8, 4) is 0 Å². The van der Waals surface area contributed by atoms with Crippen molar-refractivity contribution in [2.24, 2.45) is 17.6 Å². The molecule has 0 bridgehead atoms. The number of nitrogens with two attached hydrogens (primary N) is 1. The fraction of sp³-hybridized carbons (Fsp3) is 0.833. The van der Waals surface area contributed by atoms with E-state index in [4.69, 9.17) is 21.1 Å². The zero-order chi connectivity index (χ0) is 38.3. The van der Waals surface area contributed by atoms with Gasteiger partial charge in [0.1, 0.15) is 12.1 Å². The van der Waals surface area contributed by atoms with E-state index in [0.29, 0.717) is 19.4 Å². The number of carbonyl (C=O) groups excluding carboxylic acids is 5. The predicted molar refractivity (Wildman–Crippen MR) is 180 cm³/mol. The summed E-state index contributed by atoms with van der Waals surface area (Å²) in [5.74, 6) is -5.25. The van der Waals surface area contributed by atoms with E-state index in [1.54, 1.807) is 0 Å². The van der Waals surface area contributed by atoms with Crippen molar-refractivity contribution in [3.63, 3.8) is 0 Å². The van der Waals surface area contributed by atoms with E-state index in [9.17, 15) is 49.5 Å². The predicted octanol–water partition coefficient (Wildman–Crippen LogP) is -4.26. The lowest BCUT2D eigenvalue weighted by molar-refractivity contribution is -0.152. The maximum Gasteiger partial charge on any atom is 0.252 e. The van der Waals surface area contributed by atoms with Crippen molar-refractivity contribution in [3.05, 3.63) is 0 Å². The van der Waals surface area contributed by atoms with Gasteiger partial charge in [-0.05, 0) is 25.7 Å². The van der Waals surface area contributed by atoms with Gasteiger partial charge in [0.15, 0.2) is 18.5 Å². The van der Waals surface area contributed by atoms with Crippen LogP contribution in [0.1, 0.15) is 72.6 Å². The number of unbranched alkanes of at least 4 members (excludes halogenated alkanes) is 4. The van der Waals surface area contributed by atoms with Gasteiger partial charge in [0.05, 0.1) is 24.9 Å². The summed E-state index contributed by atoms with van der Waals surface area (Å²) in [6.45, 7) is 5.72. The van der Waals surface area contributed by atoms with Crippen molar-refractivity contribution in [2.75, 3.05) is 25.4 Å². The van der Waals surface area contributed by atoms with E-state index >= 15 is 0 Å². The van der Waals surface area contributed by atoms with E-state index in [2.05, 4.69) is 40.8 Å². The van der Waals surface area contributed by atoms with Gasteiger partial charge in [-0.3, -0.25) is 24.0 Å². The van der Waals surface area contributed by atoms with Gasteiger partial charge in [-0.15, -0.1) is 0 Å². The minimum Gasteiger partial charge on any atom is -0.394 e. The minimum absolute atomic E-state index is 0.0515. The average molecular weight is 730 g/mol. The Labute approximate surface area is 292 Å². The zero-order valence-corrected chi connectivity index (χ0v) is 29.6. The molecule has 14 N–H and O–H groups in total. The number of primary amides is 1. The number of aliphatic hydroxyl groups excluding tert-OH is 7. The molecule has 0 aliphatic rings. The molecule has 0 rings (SSSR count). The smallest absolute Gasteiger partial charge is 0.252 e. The van der Waals surface area contributed by atoms with Crippen LogP contribution in [0.15, 0.2) is 0 Å². The number of aliphatic hydroxyl groups is 8. The molecule has 49 heavy (non-hydrogen) atoms. The highest BCUT2D eigenvalue weighted by molar-refractivity contribution is 7.80. The average Bonchev–Trinajstić information content (AvgIpc) is 3.06. The van der Waals surface area contributed by atoms with Crippen LogP contribution in [0.2, 0.25) is 0 Å². The van der Waals surface area contributed by atoms with Crippen LogP contribution in [0, 0.1) is 11.8 Å². The topological polar surface area (TPSA) is 321 Å². The second-order valence-corrected chi connectivity index (χ2v) is 12.2. The third-order valence-corrected chi connectivity index (χ3v) is 7.98. The molecule has 0 fully saturated rings. The highest BCUT2D eigenvalue weighted by atomic mass is 32.1. The Kier molecular flexibility index (Phi) is 26.9. The summed E-state index contributed by atoms with van der Waals surface area (Å²) in [6.07, 6.45) is -6.11. The molecular weight excluding hydrogens is 670 g/mol. The summed E-state index contributed by atoms with van der Waals surface area (Å²) >= 11 is 3.81. The van der Waals surface area contributed by atoms with Crippen LogP contribution in [-0.4, -0.2) is 145 Å². The van der Waals surface area contributed by atoms with Crippen molar-refractivity contribution in [2.45, 2.75) is 122 Å². The van der Waals surface area contributed by atoms with Gasteiger partial charge in [-0.2, -0.15) is 12.6 Å². The van der Waals surface area contributed by atoms with Crippen LogP contribution >= 0.6 is 12.6 Å². The molecule has 0 radical (unpaired) electrons. The van der Waals surface area contributed by atoms with Gasteiger partial charge in [0.2, 0.25) is 17.7 Å². The number of thiol groups is 1. The summed E-state index contributed by atoms with van der Waals surface area (Å²) < 4.78 is 0. The first kappa shape index (κ1) is 48.5. The Bertz CT molecular complexity index is 981. The third-order valence-electron chi connectivity index (χ3n) is 7.61. The number of amides is 5. The van der Waals surface area contributed by atoms with E-state index in [-0.39, 0.29) is 24.6 Å². The fourth-order valence-electron chi connectivity index (χ4n) is 4.11. The van der Waals surface area contributed by atoms with Crippen LogP contribution in [0.4, 0.5) is 0 Å². The molecule has 0 heterocycles. The third kappa shape index (κ3) is 20.6. The Morgan fingerprint density at radius 2 is 1.20 bits per heavy atom. The Balaban J connectivity index is 0. The van der Waals surface area contributed by atoms with Crippen LogP contribution < -0.4 is 27.0 Å². The summed E-state index contributed by atoms with van der Waals surface area (Å²) in [6, 6.07) is -1.72. The fourth-order valence-corrected chi connectivity index (χ4v) is 4.38. The van der Waals surface area contributed by atoms with E-state index in [1.807, 2.05) is 0 Å². The van der Waals surface area contributed by atoms with Gasteiger partial charge in [0.25, 0.3) is 11.8 Å². The molecule has 6 unspecified atom stereocenters. The van der Waals surface area contributed by atoms with Crippen LogP contribution in [0.25, 0.3) is 0 Å². The SMILES string of the molecule is CC(=O)N[C@@H](CS)C(N)=O.CCCCCCNC(=O)C(CCCCNC(=O)[C@@H](O)C(O)C(C)C(O)O)NC(=O)[C@@H](O)C(O)C(C)C(O)CO. The van der Waals surface area contributed by atoms with Gasteiger partial charge >= 0.3 is 0 Å². The second kappa shape index (κ2) is 27.1. The molecule has 0 saturated carbocycles. The monoisotopic (exact) mass is 729 g/mol. The molecule has 0 aliphatic heterocycles. The Morgan fingerprint density at radius 1 is 0.694 bits per heavy atom. The lowest BCUT2D eigenvalue weighted by Crippen LogP contribution is -2.54. The number of nitrogens with one attached hydrogen (secondary N) is 4. The van der Waals surface area contributed by atoms with Crippen molar-refractivity contribution < 1.29 is 64.8 Å². The van der Waals surface area contributed by atoms with Gasteiger partial charge < -0.3 is 67.9 Å². The lowest BCUT2D eigenvalue weighted by Gasteiger charge is -2.27. The maximum atomic E-state index is 12.7. The number of hydrogen-bond acceptors (Lipinski definition) is 14. The molecule has 0 aromatic rings. The summed E-state index contributed by atoms with van der Waals surface area (Å²) in [7, 11) is 0. The van der Waals surface area contributed by atoms with Gasteiger partial charge in [0, 0.05) is 37.6 Å². The molecule has 0 aromatic heterocycles.